The van der Waals surface area contributed by atoms with Gasteiger partial charge in [0.1, 0.15) is 11.2 Å². The summed E-state index contributed by atoms with van der Waals surface area (Å²) in [7, 11) is 2.15. The Morgan fingerprint density at radius 3 is 2.66 bits per heavy atom. The fourth-order valence-corrected chi connectivity index (χ4v) is 6.35. The molecule has 1 saturated heterocycles. The molecule has 0 spiro atoms. The van der Waals surface area contributed by atoms with E-state index in [0.29, 0.717) is 18.8 Å². The lowest BCUT2D eigenvalue weighted by Crippen LogP contribution is -2.66. The van der Waals surface area contributed by atoms with E-state index >= 15 is 0 Å². The number of hydrogen-bond acceptors (Lipinski definition) is 5. The maximum Gasteiger partial charge on any atom is 0.271 e. The van der Waals surface area contributed by atoms with E-state index in [1.54, 1.807) is 11.3 Å². The number of nitrogens with one attached hydrogen (secondary N) is 1. The summed E-state index contributed by atoms with van der Waals surface area (Å²) in [5.41, 5.74) is 0.893. The molecule has 1 unspecified atom stereocenters. The fourth-order valence-electron chi connectivity index (χ4n) is 5.52. The Morgan fingerprint density at radius 2 is 1.91 bits per heavy atom. The van der Waals surface area contributed by atoms with E-state index in [0.717, 1.165) is 55.8 Å². The van der Waals surface area contributed by atoms with Crippen LogP contribution in [0.15, 0.2) is 17.5 Å². The van der Waals surface area contributed by atoms with Crippen LogP contribution in [0.1, 0.15) is 49.5 Å². The van der Waals surface area contributed by atoms with Gasteiger partial charge in [-0.15, -0.1) is 11.3 Å². The fraction of sp³-hybridized carbons (Fsp3) is 0.667. The Bertz CT molecular complexity index is 986. The smallest absolute Gasteiger partial charge is 0.271 e. The van der Waals surface area contributed by atoms with Crippen molar-refractivity contribution in [3.05, 3.63) is 23.2 Å². The van der Waals surface area contributed by atoms with Gasteiger partial charge in [-0.1, -0.05) is 19.3 Å². The molecule has 7 nitrogen and oxygen atoms in total. The topological polar surface area (TPSA) is 60.8 Å². The highest BCUT2D eigenvalue weighted by Gasteiger charge is 2.48. The lowest BCUT2D eigenvalue weighted by Gasteiger charge is -2.45. The van der Waals surface area contributed by atoms with Crippen LogP contribution in [0, 0.1) is 0 Å². The summed E-state index contributed by atoms with van der Waals surface area (Å²) in [4.78, 5) is 34.0. The molecule has 2 aromatic rings. The molecule has 2 amide bonds. The van der Waals surface area contributed by atoms with E-state index < -0.39 is 5.54 Å². The normalized spacial score (nSPS) is 25.9. The first-order chi connectivity index (χ1) is 15.5. The number of aromatic nitrogens is 1. The first kappa shape index (κ1) is 21.9. The molecule has 3 aliphatic rings. The lowest BCUT2D eigenvalue weighted by atomic mass is 9.91. The van der Waals surface area contributed by atoms with Gasteiger partial charge >= 0.3 is 0 Å². The van der Waals surface area contributed by atoms with Crippen molar-refractivity contribution in [2.45, 2.75) is 57.2 Å². The Kier molecular flexibility index (Phi) is 6.03. The molecule has 0 radical (unpaired) electrons. The molecular weight excluding hydrogens is 422 g/mol. The van der Waals surface area contributed by atoms with Gasteiger partial charge in [0.15, 0.2) is 0 Å². The van der Waals surface area contributed by atoms with Gasteiger partial charge in [-0.3, -0.25) is 14.5 Å². The Labute approximate surface area is 194 Å². The van der Waals surface area contributed by atoms with Crippen LogP contribution in [0.5, 0.6) is 0 Å². The number of carbonyl (C=O) groups is 2. The third-order valence-corrected chi connectivity index (χ3v) is 8.57. The average Bonchev–Trinajstić information content (AvgIpc) is 3.38. The Morgan fingerprint density at radius 1 is 1.16 bits per heavy atom. The van der Waals surface area contributed by atoms with Crippen molar-refractivity contribution in [1.82, 2.24) is 24.6 Å². The van der Waals surface area contributed by atoms with Crippen molar-refractivity contribution in [2.75, 3.05) is 46.3 Å². The SMILES string of the molecule is CN1CCN(CCN2C(=O)c3cc4sccc4n3CC2(C)C(=O)NC2CCCCC2)CC1. The van der Waals surface area contributed by atoms with Crippen molar-refractivity contribution in [1.29, 1.82) is 0 Å². The minimum Gasteiger partial charge on any atom is -0.351 e. The molecule has 1 saturated carbocycles. The largest absolute Gasteiger partial charge is 0.351 e. The van der Waals surface area contributed by atoms with Gasteiger partial charge < -0.3 is 19.7 Å². The van der Waals surface area contributed by atoms with Crippen LogP contribution in [0.25, 0.3) is 10.2 Å². The summed E-state index contributed by atoms with van der Waals surface area (Å²) in [6.45, 7) is 7.98. The van der Waals surface area contributed by atoms with E-state index in [2.05, 4.69) is 38.2 Å². The second-order valence-corrected chi connectivity index (χ2v) is 10.9. The van der Waals surface area contributed by atoms with Crippen LogP contribution >= 0.6 is 11.3 Å². The highest BCUT2D eigenvalue weighted by atomic mass is 32.1. The Hall–Kier alpha value is -1.90. The van der Waals surface area contributed by atoms with Crippen LogP contribution in [0.4, 0.5) is 0 Å². The molecule has 32 heavy (non-hydrogen) atoms. The third-order valence-electron chi connectivity index (χ3n) is 7.71. The molecule has 174 valence electrons. The predicted molar refractivity (Wildman–Crippen MR) is 128 cm³/mol. The van der Waals surface area contributed by atoms with Crippen molar-refractivity contribution < 1.29 is 9.59 Å². The van der Waals surface area contributed by atoms with E-state index in [1.807, 2.05) is 17.9 Å². The van der Waals surface area contributed by atoms with Gasteiger partial charge in [0.25, 0.3) is 5.91 Å². The molecule has 0 aromatic carbocycles. The number of amides is 2. The van der Waals surface area contributed by atoms with Gasteiger partial charge in [0.2, 0.25) is 5.91 Å². The second-order valence-electron chi connectivity index (χ2n) is 9.97. The van der Waals surface area contributed by atoms with E-state index in [9.17, 15) is 9.59 Å². The summed E-state index contributed by atoms with van der Waals surface area (Å²) < 4.78 is 3.19. The van der Waals surface area contributed by atoms with Crippen LogP contribution in [-0.4, -0.2) is 89.0 Å². The summed E-state index contributed by atoms with van der Waals surface area (Å²) in [6, 6.07) is 4.30. The van der Waals surface area contributed by atoms with Gasteiger partial charge in [-0.05, 0) is 44.3 Å². The molecule has 4 heterocycles. The molecule has 1 aliphatic carbocycles. The molecule has 2 fully saturated rings. The second kappa shape index (κ2) is 8.80. The standard InChI is InChI=1S/C24H35N5O2S/c1-24(23(31)25-18-6-4-3-5-7-18)17-28-19-8-15-32-21(19)16-20(28)22(30)29(24)14-13-27-11-9-26(2)10-12-27/h8,15-16,18H,3-7,9-14,17H2,1-2H3,(H,25,31). The molecular formula is C24H35N5O2S. The minimum atomic E-state index is -0.887. The van der Waals surface area contributed by atoms with Gasteiger partial charge in [0, 0.05) is 45.3 Å². The van der Waals surface area contributed by atoms with Gasteiger partial charge in [-0.2, -0.15) is 0 Å². The van der Waals surface area contributed by atoms with Crippen LogP contribution in [-0.2, 0) is 11.3 Å². The van der Waals surface area contributed by atoms with Crippen molar-refractivity contribution in [3.8, 4) is 0 Å². The number of likely N-dealkylation sites (N-methyl/N-ethyl adjacent to an activating group) is 1. The highest BCUT2D eigenvalue weighted by molar-refractivity contribution is 7.17. The average molecular weight is 458 g/mol. The number of fused-ring (bicyclic) bond motifs is 3. The molecule has 8 heteroatoms. The zero-order valence-corrected chi connectivity index (χ0v) is 20.1. The number of thiophene rings is 1. The minimum absolute atomic E-state index is 0.00106. The lowest BCUT2D eigenvalue weighted by molar-refractivity contribution is -0.134. The zero-order valence-electron chi connectivity index (χ0n) is 19.3. The van der Waals surface area contributed by atoms with Crippen molar-refractivity contribution >= 4 is 33.4 Å². The number of piperazine rings is 1. The molecule has 2 aliphatic heterocycles. The molecule has 5 rings (SSSR count). The first-order valence-corrected chi connectivity index (χ1v) is 12.9. The Balaban J connectivity index is 1.41. The summed E-state index contributed by atoms with van der Waals surface area (Å²) in [5.74, 6) is -0.0195. The predicted octanol–water partition coefficient (Wildman–Crippen LogP) is 2.61. The van der Waals surface area contributed by atoms with E-state index in [1.165, 1.54) is 19.3 Å². The van der Waals surface area contributed by atoms with E-state index in [4.69, 9.17) is 0 Å². The van der Waals surface area contributed by atoms with Gasteiger partial charge in [0.05, 0.1) is 16.8 Å². The first-order valence-electron chi connectivity index (χ1n) is 12.1. The van der Waals surface area contributed by atoms with Gasteiger partial charge in [-0.25, -0.2) is 0 Å². The third kappa shape index (κ3) is 3.97. The number of hydrogen-bond donors (Lipinski definition) is 1. The zero-order chi connectivity index (χ0) is 22.3. The highest BCUT2D eigenvalue weighted by Crippen LogP contribution is 2.34. The quantitative estimate of drug-likeness (QED) is 0.750. The number of carbonyl (C=O) groups excluding carboxylic acids is 2. The molecule has 0 bridgehead atoms. The van der Waals surface area contributed by atoms with E-state index in [-0.39, 0.29) is 17.9 Å². The maximum absolute atomic E-state index is 13.7. The van der Waals surface area contributed by atoms with Crippen LogP contribution in [0.3, 0.4) is 0 Å². The summed E-state index contributed by atoms with van der Waals surface area (Å²) in [6.07, 6.45) is 5.68. The number of nitrogens with zero attached hydrogens (tertiary/aromatic N) is 4. The van der Waals surface area contributed by atoms with Crippen molar-refractivity contribution in [3.63, 3.8) is 0 Å². The summed E-state index contributed by atoms with van der Waals surface area (Å²) >= 11 is 1.65. The maximum atomic E-state index is 13.7. The molecule has 1 atom stereocenters. The van der Waals surface area contributed by atoms with Crippen LogP contribution < -0.4 is 5.32 Å². The number of rotatable bonds is 5. The summed E-state index contributed by atoms with van der Waals surface area (Å²) in [5, 5.41) is 5.38. The van der Waals surface area contributed by atoms with Crippen molar-refractivity contribution in [2.24, 2.45) is 0 Å². The monoisotopic (exact) mass is 457 g/mol. The molecule has 1 N–H and O–H groups in total. The van der Waals surface area contributed by atoms with Crippen LogP contribution in [0.2, 0.25) is 0 Å². The molecule has 2 aromatic heterocycles.